The van der Waals surface area contributed by atoms with E-state index in [1.54, 1.807) is 12.1 Å². The summed E-state index contributed by atoms with van der Waals surface area (Å²) < 4.78 is 8.17. The molecule has 0 aliphatic heterocycles. The normalized spacial score (nSPS) is 11.1. The molecule has 180 valence electrons. The van der Waals surface area contributed by atoms with Gasteiger partial charge in [-0.2, -0.15) is 0 Å². The van der Waals surface area contributed by atoms with Gasteiger partial charge in [0.2, 0.25) is 5.91 Å². The van der Waals surface area contributed by atoms with Crippen LogP contribution in [-0.4, -0.2) is 15.6 Å². The van der Waals surface area contributed by atoms with Crippen LogP contribution in [0.2, 0.25) is 0 Å². The van der Waals surface area contributed by atoms with Crippen LogP contribution in [0.3, 0.4) is 0 Å². The molecule has 0 saturated heterocycles. The van der Waals surface area contributed by atoms with Crippen molar-refractivity contribution < 1.29 is 14.6 Å². The van der Waals surface area contributed by atoms with Crippen LogP contribution in [0.4, 0.5) is 0 Å². The van der Waals surface area contributed by atoms with Gasteiger partial charge >= 0.3 is 0 Å². The number of carbonyl (C=O) groups is 1. The monoisotopic (exact) mass is 484 g/mol. The maximum absolute atomic E-state index is 12.4. The van der Waals surface area contributed by atoms with Crippen molar-refractivity contribution in [3.05, 3.63) is 126 Å². The van der Waals surface area contributed by atoms with Crippen LogP contribution in [-0.2, 0) is 6.54 Å². The molecule has 1 heterocycles. The zero-order valence-corrected chi connectivity index (χ0v) is 20.0. The molecule has 3 N–H and O–H groups in total. The maximum atomic E-state index is 12.4. The van der Waals surface area contributed by atoms with Gasteiger partial charge in [0.25, 0.3) is 0 Å². The number of hydrogen-bond donors (Lipinski definition) is 2. The molecule has 5 heteroatoms. The molecule has 5 nitrogen and oxygen atoms in total. The largest absolute Gasteiger partial charge is 0.507 e. The zero-order valence-electron chi connectivity index (χ0n) is 20.0. The van der Waals surface area contributed by atoms with Crippen molar-refractivity contribution in [1.29, 1.82) is 0 Å². The molecular formula is C32H24N2O3. The van der Waals surface area contributed by atoms with E-state index in [0.29, 0.717) is 22.9 Å². The van der Waals surface area contributed by atoms with Crippen molar-refractivity contribution in [3.8, 4) is 28.4 Å². The number of nitrogens with zero attached hydrogens (tertiary/aromatic N) is 1. The highest BCUT2D eigenvalue weighted by Crippen LogP contribution is 2.40. The first-order chi connectivity index (χ1) is 18.1. The molecule has 1 amide bonds. The molecule has 0 aliphatic carbocycles. The first-order valence-electron chi connectivity index (χ1n) is 12.0. The fourth-order valence-electron chi connectivity index (χ4n) is 4.93. The SMILES string of the molecule is NC(=O)c1cccc2c1c1c(O)cc(-c3ccccc3)cc1n2Cc1cccc(Oc2ccccc2)c1. The van der Waals surface area contributed by atoms with Crippen molar-refractivity contribution in [1.82, 2.24) is 4.57 Å². The van der Waals surface area contributed by atoms with Crippen LogP contribution in [0, 0.1) is 0 Å². The number of aromatic nitrogens is 1. The van der Waals surface area contributed by atoms with Gasteiger partial charge in [-0.05, 0) is 65.2 Å². The van der Waals surface area contributed by atoms with Gasteiger partial charge in [0, 0.05) is 17.5 Å². The second-order valence-electron chi connectivity index (χ2n) is 8.97. The highest BCUT2D eigenvalue weighted by Gasteiger charge is 2.20. The summed E-state index contributed by atoms with van der Waals surface area (Å²) in [5, 5.41) is 12.5. The molecule has 0 spiro atoms. The van der Waals surface area contributed by atoms with Crippen molar-refractivity contribution in [2.24, 2.45) is 5.73 Å². The van der Waals surface area contributed by atoms with E-state index in [-0.39, 0.29) is 5.75 Å². The Hall–Kier alpha value is -5.03. The molecule has 5 aromatic carbocycles. The van der Waals surface area contributed by atoms with Crippen LogP contribution in [0.5, 0.6) is 17.2 Å². The lowest BCUT2D eigenvalue weighted by atomic mass is 10.0. The van der Waals surface area contributed by atoms with E-state index in [9.17, 15) is 9.90 Å². The Kier molecular flexibility index (Phi) is 5.58. The number of para-hydroxylation sites is 1. The number of rotatable bonds is 6. The number of amides is 1. The molecule has 37 heavy (non-hydrogen) atoms. The van der Waals surface area contributed by atoms with Crippen LogP contribution >= 0.6 is 0 Å². The Morgan fingerprint density at radius 2 is 1.41 bits per heavy atom. The highest BCUT2D eigenvalue weighted by atomic mass is 16.5. The van der Waals surface area contributed by atoms with E-state index < -0.39 is 5.91 Å². The quantitative estimate of drug-likeness (QED) is 0.265. The molecular weight excluding hydrogens is 460 g/mol. The average Bonchev–Trinajstić information content (AvgIpc) is 3.24. The first kappa shape index (κ1) is 22.4. The molecule has 6 aromatic rings. The summed E-state index contributed by atoms with van der Waals surface area (Å²) in [6, 6.07) is 36.8. The van der Waals surface area contributed by atoms with Gasteiger partial charge in [-0.15, -0.1) is 0 Å². The minimum atomic E-state index is -0.533. The summed E-state index contributed by atoms with van der Waals surface area (Å²) in [6.45, 7) is 0.506. The van der Waals surface area contributed by atoms with E-state index in [4.69, 9.17) is 10.5 Å². The number of benzene rings is 5. The van der Waals surface area contributed by atoms with Gasteiger partial charge in [-0.25, -0.2) is 0 Å². The maximum Gasteiger partial charge on any atom is 0.249 e. The summed E-state index contributed by atoms with van der Waals surface area (Å²) in [6.07, 6.45) is 0. The van der Waals surface area contributed by atoms with Gasteiger partial charge in [-0.3, -0.25) is 4.79 Å². The molecule has 0 aliphatic rings. The number of primary amides is 1. The Morgan fingerprint density at radius 1 is 0.703 bits per heavy atom. The van der Waals surface area contributed by atoms with Gasteiger partial charge in [0.05, 0.1) is 16.4 Å². The summed E-state index contributed by atoms with van der Waals surface area (Å²) in [7, 11) is 0. The Bertz CT molecular complexity index is 1760. The molecule has 0 saturated carbocycles. The van der Waals surface area contributed by atoms with E-state index >= 15 is 0 Å². The summed E-state index contributed by atoms with van der Waals surface area (Å²) in [4.78, 5) is 12.4. The first-order valence-corrected chi connectivity index (χ1v) is 12.0. The third-order valence-electron chi connectivity index (χ3n) is 6.56. The fourth-order valence-corrected chi connectivity index (χ4v) is 4.93. The van der Waals surface area contributed by atoms with E-state index in [0.717, 1.165) is 39.2 Å². The summed E-state index contributed by atoms with van der Waals surface area (Å²) in [5.74, 6) is 1.07. The van der Waals surface area contributed by atoms with Crippen LogP contribution < -0.4 is 10.5 Å². The van der Waals surface area contributed by atoms with E-state index in [2.05, 4.69) is 10.6 Å². The van der Waals surface area contributed by atoms with Gasteiger partial charge in [-0.1, -0.05) is 66.7 Å². The average molecular weight is 485 g/mol. The van der Waals surface area contributed by atoms with Crippen LogP contribution in [0.15, 0.2) is 115 Å². The molecule has 0 radical (unpaired) electrons. The number of ether oxygens (including phenoxy) is 1. The lowest BCUT2D eigenvalue weighted by molar-refractivity contribution is 0.100. The minimum Gasteiger partial charge on any atom is -0.507 e. The molecule has 0 unspecified atom stereocenters. The van der Waals surface area contributed by atoms with Gasteiger partial charge < -0.3 is 20.1 Å². The Labute approximate surface area is 214 Å². The summed E-state index contributed by atoms with van der Waals surface area (Å²) >= 11 is 0. The Balaban J connectivity index is 1.53. The molecule has 1 aromatic heterocycles. The van der Waals surface area contributed by atoms with E-state index in [1.165, 1.54) is 0 Å². The fraction of sp³-hybridized carbons (Fsp3) is 0.0312. The standard InChI is InChI=1S/C32H24N2O3/c33-32(36)26-15-8-16-27-30(26)31-28(18-23(19-29(31)35)22-10-3-1-4-11-22)34(27)20-21-9-7-14-25(17-21)37-24-12-5-2-6-13-24/h1-19,35H,20H2,(H2,33,36). The molecule has 0 atom stereocenters. The predicted molar refractivity (Wildman–Crippen MR) is 147 cm³/mol. The number of phenolic OH excluding ortho intramolecular Hbond substituents is 1. The highest BCUT2D eigenvalue weighted by molar-refractivity contribution is 6.20. The second-order valence-corrected chi connectivity index (χ2v) is 8.97. The van der Waals surface area contributed by atoms with Crippen molar-refractivity contribution in [2.75, 3.05) is 0 Å². The second kappa shape index (κ2) is 9.21. The number of hydrogen-bond acceptors (Lipinski definition) is 3. The molecule has 6 rings (SSSR count). The smallest absolute Gasteiger partial charge is 0.249 e. The lowest BCUT2D eigenvalue weighted by Crippen LogP contribution is -2.11. The number of aromatic hydroxyl groups is 1. The van der Waals surface area contributed by atoms with E-state index in [1.807, 2.05) is 97.1 Å². The Morgan fingerprint density at radius 3 is 2.16 bits per heavy atom. The minimum absolute atomic E-state index is 0.106. The zero-order chi connectivity index (χ0) is 25.4. The number of carbonyl (C=O) groups excluding carboxylic acids is 1. The molecule has 0 fully saturated rings. The third-order valence-corrected chi connectivity index (χ3v) is 6.56. The summed E-state index contributed by atoms with van der Waals surface area (Å²) in [5.41, 5.74) is 10.7. The predicted octanol–water partition coefficient (Wildman–Crippen LogP) is 7.11. The van der Waals surface area contributed by atoms with Crippen LogP contribution in [0.1, 0.15) is 15.9 Å². The van der Waals surface area contributed by atoms with Gasteiger partial charge in [0.15, 0.2) is 0 Å². The number of fused-ring (bicyclic) bond motifs is 3. The third kappa shape index (κ3) is 4.17. The van der Waals surface area contributed by atoms with Gasteiger partial charge in [0.1, 0.15) is 17.2 Å². The van der Waals surface area contributed by atoms with Crippen LogP contribution in [0.25, 0.3) is 32.9 Å². The number of nitrogens with two attached hydrogens (primary N) is 1. The van der Waals surface area contributed by atoms with Crippen molar-refractivity contribution in [2.45, 2.75) is 6.54 Å². The molecule has 0 bridgehead atoms. The number of phenols is 1. The van der Waals surface area contributed by atoms with Crippen molar-refractivity contribution >= 4 is 27.7 Å². The lowest BCUT2D eigenvalue weighted by Gasteiger charge is -2.12. The van der Waals surface area contributed by atoms with Crippen molar-refractivity contribution in [3.63, 3.8) is 0 Å². The topological polar surface area (TPSA) is 77.5 Å².